The first-order chi connectivity index (χ1) is 41.5. The van der Waals surface area contributed by atoms with Crippen molar-refractivity contribution in [3.63, 3.8) is 0 Å². The summed E-state index contributed by atoms with van der Waals surface area (Å²) in [6.07, 6.45) is 0.857. The molecule has 0 heterocycles. The molecule has 0 saturated carbocycles. The second-order valence-corrected chi connectivity index (χ2v) is 19.0. The minimum absolute atomic E-state index is 0.00523. The summed E-state index contributed by atoms with van der Waals surface area (Å²) >= 11 is 0. The lowest BCUT2D eigenvalue weighted by atomic mass is 10.1. The van der Waals surface area contributed by atoms with Crippen molar-refractivity contribution in [2.24, 2.45) is 49.4 Å². The maximum Gasteiger partial charge on any atom is 0.305 e. The molecule has 3 atom stereocenters. The summed E-state index contributed by atoms with van der Waals surface area (Å²) in [5.41, 5.74) is 33.4. The summed E-state index contributed by atoms with van der Waals surface area (Å²) in [6.45, 7) is 1.51. The molecule has 21 N–H and O–H groups in total. The van der Waals surface area contributed by atoms with Crippen molar-refractivity contribution >= 4 is 93.9 Å². The van der Waals surface area contributed by atoms with Crippen molar-refractivity contribution in [1.82, 2.24) is 21.3 Å². The van der Waals surface area contributed by atoms with Crippen LogP contribution in [0.1, 0.15) is 99.7 Å². The Kier molecular flexibility index (Phi) is 27.3. The van der Waals surface area contributed by atoms with E-state index in [1.54, 1.807) is 0 Å². The Bertz CT molecular complexity index is 3220. The van der Waals surface area contributed by atoms with Gasteiger partial charge in [0.25, 0.3) is 23.6 Å². The zero-order valence-electron chi connectivity index (χ0n) is 48.7. The number of aliphatic imine (C=N–C) groups is 3. The van der Waals surface area contributed by atoms with Crippen LogP contribution in [0.3, 0.4) is 0 Å². The fourth-order valence-electron chi connectivity index (χ4n) is 8.31. The van der Waals surface area contributed by atoms with E-state index < -0.39 is 65.4 Å². The molecule has 0 aliphatic rings. The van der Waals surface area contributed by atoms with Crippen LogP contribution in [0.2, 0.25) is 0 Å². The summed E-state index contributed by atoms with van der Waals surface area (Å²) in [5, 5.41) is 30.4. The second kappa shape index (κ2) is 34.7. The SMILES string of the molecule is COc1ccc(NC(=O)[C@H](CCCCN=C(N)N)NC(=O)c2cc(NC(=O)[C@H](CCCN=C(N)N)NC(=O)c3cc(NC(=O)[C@H](CCCN=C(N)N)NC(=O)c4cc(NC(C)=O)ccc4OC)ccc3OC)ccc2OC)cc1C(=O)NCCC(=O)O. The highest BCUT2D eigenvalue weighted by atomic mass is 16.5. The molecule has 31 heteroatoms. The van der Waals surface area contributed by atoms with Crippen LogP contribution in [0.5, 0.6) is 23.0 Å². The number of carboxylic acids is 1. The molecule has 87 heavy (non-hydrogen) atoms. The van der Waals surface area contributed by atoms with Crippen LogP contribution in [0.4, 0.5) is 22.7 Å². The molecule has 8 amide bonds. The molecule has 0 spiro atoms. The Morgan fingerprint density at radius 2 is 0.736 bits per heavy atom. The van der Waals surface area contributed by atoms with Gasteiger partial charge >= 0.3 is 5.97 Å². The first-order valence-corrected chi connectivity index (χ1v) is 27.0. The largest absolute Gasteiger partial charge is 0.496 e. The molecule has 0 aromatic heterocycles. The normalized spacial score (nSPS) is 11.5. The Morgan fingerprint density at radius 1 is 0.437 bits per heavy atom. The number of methoxy groups -OCH3 is 4. The topological polar surface area (TPSA) is 500 Å². The second-order valence-electron chi connectivity index (χ2n) is 19.0. The van der Waals surface area contributed by atoms with Gasteiger partial charge in [0.05, 0.1) is 57.1 Å². The maximum atomic E-state index is 14.3. The van der Waals surface area contributed by atoms with Crippen molar-refractivity contribution < 1.29 is 67.2 Å². The number of hydrogen-bond acceptors (Lipinski definition) is 16. The van der Waals surface area contributed by atoms with Gasteiger partial charge in [0.1, 0.15) is 41.1 Å². The van der Waals surface area contributed by atoms with E-state index in [4.69, 9.17) is 58.5 Å². The van der Waals surface area contributed by atoms with Crippen molar-refractivity contribution in [2.75, 3.05) is 75.9 Å². The third-order valence-electron chi connectivity index (χ3n) is 12.5. The molecule has 0 fully saturated rings. The van der Waals surface area contributed by atoms with Crippen LogP contribution in [-0.4, -0.2) is 149 Å². The predicted octanol–water partition coefficient (Wildman–Crippen LogP) is 0.646. The van der Waals surface area contributed by atoms with Crippen molar-refractivity contribution in [3.8, 4) is 23.0 Å². The van der Waals surface area contributed by atoms with Gasteiger partial charge in [-0.2, -0.15) is 0 Å². The maximum absolute atomic E-state index is 14.3. The molecule has 0 unspecified atom stereocenters. The summed E-state index contributed by atoms with van der Waals surface area (Å²) in [7, 11) is 5.28. The van der Waals surface area contributed by atoms with E-state index >= 15 is 0 Å². The molecule has 0 bridgehead atoms. The standard InChI is InChI=1S/C56H75N17O14/c1-30(74)67-31-13-17-43(85-3)36(26-31)48(78)72-40(11-8-23-65-55(59)60)52(82)70-34-16-20-45(87-5)38(29-34)50(80)73-41(12-9-24-66-56(61)62)53(83)69-33-15-19-44(86-4)37(28-33)49(79)71-39(10-6-7-22-64-54(57)58)51(81)68-32-14-18-42(84-2)35(27-32)47(77)63-25-21-46(75)76/h13-20,26-29,39-41H,6-12,21-25H2,1-5H3,(H,63,77)(H,67,74)(H,68,81)(H,69,83)(H,70,82)(H,71,79)(H,72,78)(H,73,80)(H,75,76)(H4,57,58,64)(H4,59,60,65)(H4,61,62,66)/t39-,40-,41-/m0/s1. The number of guanidine groups is 3. The van der Waals surface area contributed by atoms with Crippen molar-refractivity contribution in [2.45, 2.75) is 76.4 Å². The number of rotatable bonds is 34. The summed E-state index contributed by atoms with van der Waals surface area (Å²) in [6, 6.07) is 13.1. The Labute approximate surface area is 500 Å². The van der Waals surface area contributed by atoms with Crippen LogP contribution in [0.15, 0.2) is 87.8 Å². The van der Waals surface area contributed by atoms with Gasteiger partial charge in [-0.1, -0.05) is 0 Å². The van der Waals surface area contributed by atoms with Crippen LogP contribution >= 0.6 is 0 Å². The summed E-state index contributed by atoms with van der Waals surface area (Å²) in [4.78, 5) is 133. The minimum atomic E-state index is -1.32. The molecular formula is C56H75N17O14. The lowest BCUT2D eigenvalue weighted by molar-refractivity contribution is -0.137. The summed E-state index contributed by atoms with van der Waals surface area (Å²) < 4.78 is 21.7. The van der Waals surface area contributed by atoms with Crippen molar-refractivity contribution in [1.29, 1.82) is 0 Å². The molecular weight excluding hydrogens is 1130 g/mol. The molecule has 0 aliphatic carbocycles. The molecule has 0 aliphatic heterocycles. The van der Waals surface area contributed by atoms with E-state index in [0.29, 0.717) is 18.5 Å². The lowest BCUT2D eigenvalue weighted by Gasteiger charge is -2.21. The number of aliphatic carboxylic acids is 1. The number of hydrogen-bond donors (Lipinski definition) is 15. The van der Waals surface area contributed by atoms with E-state index in [1.165, 1.54) is 108 Å². The van der Waals surface area contributed by atoms with Gasteiger partial charge in [-0.25, -0.2) is 0 Å². The third-order valence-corrected chi connectivity index (χ3v) is 12.5. The summed E-state index contributed by atoms with van der Waals surface area (Å²) in [5.74, 6) is -6.89. The fourth-order valence-corrected chi connectivity index (χ4v) is 8.31. The van der Waals surface area contributed by atoms with Gasteiger partial charge in [0.2, 0.25) is 23.6 Å². The highest BCUT2D eigenvalue weighted by Crippen LogP contribution is 2.28. The predicted molar refractivity (Wildman–Crippen MR) is 325 cm³/mol. The number of unbranched alkanes of at least 4 members (excludes halogenated alkanes) is 1. The first kappa shape index (κ1) is 68.6. The van der Waals surface area contributed by atoms with Gasteiger partial charge in [-0.15, -0.1) is 0 Å². The monoisotopic (exact) mass is 1210 g/mol. The van der Waals surface area contributed by atoms with Gasteiger partial charge in [0, 0.05) is 55.9 Å². The zero-order valence-corrected chi connectivity index (χ0v) is 48.7. The van der Waals surface area contributed by atoms with Gasteiger partial charge in [-0.05, 0) is 118 Å². The van der Waals surface area contributed by atoms with Crippen LogP contribution in [0.25, 0.3) is 0 Å². The number of anilines is 4. The molecule has 4 rings (SSSR count). The number of carbonyl (C=O) groups excluding carboxylic acids is 8. The lowest BCUT2D eigenvalue weighted by Crippen LogP contribution is -2.44. The third kappa shape index (κ3) is 22.7. The van der Waals surface area contributed by atoms with Gasteiger partial charge in [0.15, 0.2) is 17.9 Å². The fraction of sp³-hybridized carbons (Fsp3) is 0.357. The van der Waals surface area contributed by atoms with E-state index in [9.17, 15) is 43.2 Å². The molecule has 4 aromatic carbocycles. The molecule has 4 aromatic rings. The van der Waals surface area contributed by atoms with Gasteiger partial charge < -0.3 is 101 Å². The molecule has 0 saturated heterocycles. The number of ether oxygens (including phenoxy) is 4. The number of carbonyl (C=O) groups is 9. The highest BCUT2D eigenvalue weighted by Gasteiger charge is 2.29. The number of benzene rings is 4. The number of amides is 8. The Balaban J connectivity index is 1.62. The first-order valence-electron chi connectivity index (χ1n) is 27.0. The average molecular weight is 1210 g/mol. The van der Waals surface area contributed by atoms with E-state index in [1.807, 2.05) is 0 Å². The average Bonchev–Trinajstić information content (AvgIpc) is 2.50. The van der Waals surface area contributed by atoms with E-state index in [2.05, 4.69) is 57.5 Å². The van der Waals surface area contributed by atoms with Crippen molar-refractivity contribution in [3.05, 3.63) is 95.1 Å². The zero-order chi connectivity index (χ0) is 64.2. The Morgan fingerprint density at radius 3 is 1.03 bits per heavy atom. The number of carboxylic acid groups (broad SMARTS) is 1. The molecule has 31 nitrogen and oxygen atoms in total. The Hall–Kier alpha value is -10.9. The van der Waals surface area contributed by atoms with E-state index in [-0.39, 0.29) is 151 Å². The quantitative estimate of drug-likeness (QED) is 0.0173. The van der Waals surface area contributed by atoms with Crippen LogP contribution in [-0.2, 0) is 24.0 Å². The van der Waals surface area contributed by atoms with Crippen LogP contribution in [0, 0.1) is 0 Å². The highest BCUT2D eigenvalue weighted by molar-refractivity contribution is 6.07. The smallest absolute Gasteiger partial charge is 0.305 e. The molecule has 468 valence electrons. The van der Waals surface area contributed by atoms with Gasteiger partial charge in [-0.3, -0.25) is 58.1 Å². The van der Waals surface area contributed by atoms with E-state index in [0.717, 1.165) is 0 Å². The molecule has 0 radical (unpaired) electrons. The number of nitrogens with two attached hydrogens (primary N) is 6. The van der Waals surface area contributed by atoms with Crippen LogP contribution < -0.4 is 95.9 Å². The minimum Gasteiger partial charge on any atom is -0.496 e. The number of nitrogens with zero attached hydrogens (tertiary/aromatic N) is 3. The number of nitrogens with one attached hydrogen (secondary N) is 8.